The number of phenolic OH excluding ortho intramolecular Hbond substituents is 3. The second-order valence-corrected chi connectivity index (χ2v) is 4.03. The summed E-state index contributed by atoms with van der Waals surface area (Å²) in [4.78, 5) is 0. The van der Waals surface area contributed by atoms with Crippen molar-refractivity contribution in [1.29, 1.82) is 0 Å². The van der Waals surface area contributed by atoms with Gasteiger partial charge in [0.15, 0.2) is 0 Å². The first kappa shape index (κ1) is 11.3. The third-order valence-corrected chi connectivity index (χ3v) is 2.83. The smallest absolute Gasteiger partial charge is 0.129 e. The quantitative estimate of drug-likeness (QED) is 0.743. The molecule has 88 valence electrons. The average Bonchev–Trinajstić information content (AvgIpc) is 2.33. The maximum absolute atomic E-state index is 9.90. The van der Waals surface area contributed by atoms with Gasteiger partial charge in [0.1, 0.15) is 17.2 Å². The molecule has 0 unspecified atom stereocenters. The third-order valence-electron chi connectivity index (χ3n) is 2.83. The van der Waals surface area contributed by atoms with Crippen LogP contribution in [0, 0.1) is 6.92 Å². The van der Waals surface area contributed by atoms with Gasteiger partial charge < -0.3 is 15.3 Å². The lowest BCUT2D eigenvalue weighted by molar-refractivity contribution is 0.415. The molecule has 0 aromatic heterocycles. The molecule has 2 aromatic rings. The first-order valence-corrected chi connectivity index (χ1v) is 5.37. The Hall–Kier alpha value is -2.16. The molecule has 0 bridgehead atoms. The first-order chi connectivity index (χ1) is 8.09. The molecule has 2 rings (SSSR count). The fraction of sp³-hybridized carbons (Fsp3) is 0.143. The number of rotatable bonds is 2. The van der Waals surface area contributed by atoms with Crippen molar-refractivity contribution in [3.63, 3.8) is 0 Å². The van der Waals surface area contributed by atoms with Crippen molar-refractivity contribution in [2.45, 2.75) is 13.3 Å². The van der Waals surface area contributed by atoms with Crippen LogP contribution in [0.3, 0.4) is 0 Å². The van der Waals surface area contributed by atoms with Crippen molar-refractivity contribution < 1.29 is 15.3 Å². The number of hydrogen-bond acceptors (Lipinski definition) is 3. The zero-order chi connectivity index (χ0) is 12.4. The molecule has 0 fully saturated rings. The summed E-state index contributed by atoms with van der Waals surface area (Å²) in [5, 5.41) is 29.1. The van der Waals surface area contributed by atoms with Crippen molar-refractivity contribution in [2.24, 2.45) is 0 Å². The fourth-order valence-corrected chi connectivity index (χ4v) is 1.77. The Morgan fingerprint density at radius 3 is 2.24 bits per heavy atom. The summed E-state index contributed by atoms with van der Waals surface area (Å²) in [7, 11) is 0. The number of phenols is 3. The van der Waals surface area contributed by atoms with Crippen LogP contribution in [0.4, 0.5) is 0 Å². The second-order valence-electron chi connectivity index (χ2n) is 4.03. The Balaban J connectivity index is 2.43. The van der Waals surface area contributed by atoms with Crippen LogP contribution in [0.5, 0.6) is 17.2 Å². The Labute approximate surface area is 99.6 Å². The normalized spacial score (nSPS) is 10.4. The molecule has 2 aromatic carbocycles. The topological polar surface area (TPSA) is 60.7 Å². The van der Waals surface area contributed by atoms with E-state index in [4.69, 9.17) is 0 Å². The van der Waals surface area contributed by atoms with E-state index in [-0.39, 0.29) is 17.2 Å². The summed E-state index contributed by atoms with van der Waals surface area (Å²) in [6, 6.07) is 10.8. The Kier molecular flexibility index (Phi) is 2.91. The standard InChI is InChI=1S/C14H14O3/c1-9-12(15)8-13(16)11(14(9)17)7-10-5-3-2-4-6-10/h2-6,8,15-17H,7H2,1H3. The van der Waals surface area contributed by atoms with Crippen LogP contribution in [0.15, 0.2) is 36.4 Å². The summed E-state index contributed by atoms with van der Waals surface area (Å²) in [5.74, 6) is -0.238. The number of hydrogen-bond donors (Lipinski definition) is 3. The largest absolute Gasteiger partial charge is 0.507 e. The highest BCUT2D eigenvalue weighted by Gasteiger charge is 2.14. The van der Waals surface area contributed by atoms with Crippen molar-refractivity contribution in [1.82, 2.24) is 0 Å². The molecule has 0 saturated carbocycles. The van der Waals surface area contributed by atoms with Gasteiger partial charge in [-0.2, -0.15) is 0 Å². The van der Waals surface area contributed by atoms with Gasteiger partial charge in [0.25, 0.3) is 0 Å². The third kappa shape index (κ3) is 2.18. The van der Waals surface area contributed by atoms with Gasteiger partial charge in [-0.15, -0.1) is 0 Å². The SMILES string of the molecule is Cc1c(O)cc(O)c(Cc2ccccc2)c1O. The molecule has 3 heteroatoms. The fourth-order valence-electron chi connectivity index (χ4n) is 1.77. The minimum Gasteiger partial charge on any atom is -0.507 e. The summed E-state index contributed by atoms with van der Waals surface area (Å²) >= 11 is 0. The van der Waals surface area contributed by atoms with Crippen molar-refractivity contribution in [3.8, 4) is 17.2 Å². The summed E-state index contributed by atoms with van der Waals surface area (Å²) < 4.78 is 0. The van der Waals surface area contributed by atoms with Gasteiger partial charge >= 0.3 is 0 Å². The van der Waals surface area contributed by atoms with E-state index in [0.717, 1.165) is 5.56 Å². The van der Waals surface area contributed by atoms with Gasteiger partial charge in [-0.05, 0) is 12.5 Å². The zero-order valence-electron chi connectivity index (χ0n) is 9.51. The highest BCUT2D eigenvalue weighted by atomic mass is 16.3. The maximum Gasteiger partial charge on any atom is 0.129 e. The number of benzene rings is 2. The molecular formula is C14H14O3. The van der Waals surface area contributed by atoms with Gasteiger partial charge in [-0.25, -0.2) is 0 Å². The maximum atomic E-state index is 9.90. The van der Waals surface area contributed by atoms with Gasteiger partial charge in [0.2, 0.25) is 0 Å². The lowest BCUT2D eigenvalue weighted by Gasteiger charge is -2.11. The van der Waals surface area contributed by atoms with Gasteiger partial charge in [-0.1, -0.05) is 30.3 Å². The highest BCUT2D eigenvalue weighted by Crippen LogP contribution is 2.37. The van der Waals surface area contributed by atoms with Crippen molar-refractivity contribution in [2.75, 3.05) is 0 Å². The van der Waals surface area contributed by atoms with E-state index in [0.29, 0.717) is 17.5 Å². The van der Waals surface area contributed by atoms with Gasteiger partial charge in [0.05, 0.1) is 0 Å². The van der Waals surface area contributed by atoms with Crippen LogP contribution >= 0.6 is 0 Å². The lowest BCUT2D eigenvalue weighted by atomic mass is 10.00. The van der Waals surface area contributed by atoms with E-state index in [2.05, 4.69) is 0 Å². The molecule has 0 atom stereocenters. The van der Waals surface area contributed by atoms with E-state index in [1.54, 1.807) is 6.92 Å². The highest BCUT2D eigenvalue weighted by molar-refractivity contribution is 5.56. The van der Waals surface area contributed by atoms with Crippen molar-refractivity contribution >= 4 is 0 Å². The predicted octanol–water partition coefficient (Wildman–Crippen LogP) is 2.70. The van der Waals surface area contributed by atoms with Crippen LogP contribution in [-0.4, -0.2) is 15.3 Å². The number of aromatic hydroxyl groups is 3. The van der Waals surface area contributed by atoms with Crippen LogP contribution in [0.1, 0.15) is 16.7 Å². The van der Waals surface area contributed by atoms with Gasteiger partial charge in [0, 0.05) is 23.6 Å². The van der Waals surface area contributed by atoms with E-state index in [1.807, 2.05) is 30.3 Å². The summed E-state index contributed by atoms with van der Waals surface area (Å²) in [6.07, 6.45) is 0.430. The van der Waals surface area contributed by atoms with Crippen LogP contribution < -0.4 is 0 Å². The van der Waals surface area contributed by atoms with Crippen LogP contribution in [0.2, 0.25) is 0 Å². The molecule has 17 heavy (non-hydrogen) atoms. The molecule has 3 N–H and O–H groups in total. The molecule has 0 saturated heterocycles. The molecule has 0 aliphatic rings. The van der Waals surface area contributed by atoms with E-state index >= 15 is 0 Å². The molecule has 0 spiro atoms. The van der Waals surface area contributed by atoms with Crippen molar-refractivity contribution in [3.05, 3.63) is 53.1 Å². The summed E-state index contributed by atoms with van der Waals surface area (Å²) in [5.41, 5.74) is 1.81. The van der Waals surface area contributed by atoms with E-state index in [1.165, 1.54) is 6.07 Å². The Bertz CT molecular complexity index is 533. The van der Waals surface area contributed by atoms with Crippen LogP contribution in [0.25, 0.3) is 0 Å². The Morgan fingerprint density at radius 1 is 0.941 bits per heavy atom. The molecular weight excluding hydrogens is 216 g/mol. The molecule has 0 aliphatic heterocycles. The zero-order valence-corrected chi connectivity index (χ0v) is 9.51. The minimum absolute atomic E-state index is 0.0497. The molecule has 3 nitrogen and oxygen atoms in total. The lowest BCUT2D eigenvalue weighted by Crippen LogP contribution is -1.92. The monoisotopic (exact) mass is 230 g/mol. The average molecular weight is 230 g/mol. The molecule has 0 amide bonds. The molecule has 0 aliphatic carbocycles. The van der Waals surface area contributed by atoms with E-state index < -0.39 is 0 Å². The molecule has 0 heterocycles. The van der Waals surface area contributed by atoms with Crippen LogP contribution in [-0.2, 0) is 6.42 Å². The second kappa shape index (κ2) is 4.37. The first-order valence-electron chi connectivity index (χ1n) is 5.37. The van der Waals surface area contributed by atoms with Gasteiger partial charge in [-0.3, -0.25) is 0 Å². The van der Waals surface area contributed by atoms with E-state index in [9.17, 15) is 15.3 Å². The predicted molar refractivity (Wildman–Crippen MR) is 65.4 cm³/mol. The molecule has 0 radical (unpaired) electrons. The minimum atomic E-state index is -0.100. The summed E-state index contributed by atoms with van der Waals surface area (Å²) in [6.45, 7) is 1.61. The Morgan fingerprint density at radius 2 is 1.59 bits per heavy atom.